The van der Waals surface area contributed by atoms with Crippen molar-refractivity contribution in [1.82, 2.24) is 4.90 Å². The molecule has 2 heteroatoms. The van der Waals surface area contributed by atoms with Gasteiger partial charge in [-0.2, -0.15) is 0 Å². The molecular formula is C10H20ClN. The molecule has 72 valence electrons. The summed E-state index contributed by atoms with van der Waals surface area (Å²) in [5, 5.41) is 0. The highest BCUT2D eigenvalue weighted by molar-refractivity contribution is 6.18. The Morgan fingerprint density at radius 2 is 1.83 bits per heavy atom. The largest absolute Gasteiger partial charge is 0.297 e. The van der Waals surface area contributed by atoms with Gasteiger partial charge in [-0.25, -0.2) is 0 Å². The molecule has 1 aliphatic carbocycles. The van der Waals surface area contributed by atoms with E-state index in [1.165, 1.54) is 25.7 Å². The van der Waals surface area contributed by atoms with Crippen molar-refractivity contribution in [2.45, 2.75) is 51.1 Å². The van der Waals surface area contributed by atoms with E-state index in [2.05, 4.69) is 25.8 Å². The molecule has 1 fully saturated rings. The predicted molar refractivity (Wildman–Crippen MR) is 54.8 cm³/mol. The van der Waals surface area contributed by atoms with Crippen molar-refractivity contribution in [1.29, 1.82) is 0 Å². The fraction of sp³-hybridized carbons (Fsp3) is 1.00. The lowest BCUT2D eigenvalue weighted by Gasteiger charge is -2.38. The number of hydrogen-bond donors (Lipinski definition) is 0. The predicted octanol–water partition coefficient (Wildman–Crippen LogP) is 2.88. The Hall–Kier alpha value is 0.250. The minimum absolute atomic E-state index is 0.163. The van der Waals surface area contributed by atoms with Gasteiger partial charge in [0.05, 0.1) is 0 Å². The standard InChI is InChI=1S/C10H20ClN/c1-10(2,8-11)12(3)9-6-4-5-7-9/h9H,4-8H2,1-3H3. The van der Waals surface area contributed by atoms with Gasteiger partial charge in [-0.1, -0.05) is 12.8 Å². The SMILES string of the molecule is CN(C1CCCC1)C(C)(C)CCl. The Morgan fingerprint density at radius 3 is 2.25 bits per heavy atom. The van der Waals surface area contributed by atoms with Gasteiger partial charge in [0.2, 0.25) is 0 Å². The molecule has 0 heterocycles. The first-order valence-electron chi connectivity index (χ1n) is 4.87. The summed E-state index contributed by atoms with van der Waals surface area (Å²) >= 11 is 5.92. The topological polar surface area (TPSA) is 3.24 Å². The summed E-state index contributed by atoms with van der Waals surface area (Å²) in [6, 6.07) is 0.777. The maximum absolute atomic E-state index is 5.92. The molecule has 0 radical (unpaired) electrons. The molecular weight excluding hydrogens is 170 g/mol. The first kappa shape index (κ1) is 10.3. The molecule has 0 N–H and O–H groups in total. The van der Waals surface area contributed by atoms with Crippen molar-refractivity contribution >= 4 is 11.6 Å². The normalized spacial score (nSPS) is 20.8. The molecule has 0 amide bonds. The number of hydrogen-bond acceptors (Lipinski definition) is 1. The van der Waals surface area contributed by atoms with E-state index in [0.29, 0.717) is 0 Å². The summed E-state index contributed by atoms with van der Waals surface area (Å²) in [6.45, 7) is 4.44. The highest BCUT2D eigenvalue weighted by Crippen LogP contribution is 2.28. The molecule has 0 aromatic rings. The van der Waals surface area contributed by atoms with Crippen molar-refractivity contribution < 1.29 is 0 Å². The van der Waals surface area contributed by atoms with Crippen LogP contribution in [0.15, 0.2) is 0 Å². The molecule has 1 rings (SSSR count). The highest BCUT2D eigenvalue weighted by atomic mass is 35.5. The van der Waals surface area contributed by atoms with E-state index in [1.807, 2.05) is 0 Å². The molecule has 0 aromatic heterocycles. The van der Waals surface area contributed by atoms with Crippen LogP contribution in [-0.4, -0.2) is 29.4 Å². The Kier molecular flexibility index (Phi) is 3.42. The first-order chi connectivity index (χ1) is 5.58. The first-order valence-corrected chi connectivity index (χ1v) is 5.40. The summed E-state index contributed by atoms with van der Waals surface area (Å²) in [7, 11) is 2.21. The Labute approximate surface area is 81.1 Å². The molecule has 0 atom stereocenters. The summed E-state index contributed by atoms with van der Waals surface area (Å²) < 4.78 is 0. The van der Waals surface area contributed by atoms with Crippen molar-refractivity contribution in [3.8, 4) is 0 Å². The lowest BCUT2D eigenvalue weighted by molar-refractivity contribution is 0.122. The number of nitrogens with zero attached hydrogens (tertiary/aromatic N) is 1. The van der Waals surface area contributed by atoms with Crippen LogP contribution in [0, 0.1) is 0 Å². The summed E-state index contributed by atoms with van der Waals surface area (Å²) in [6.07, 6.45) is 5.51. The average molecular weight is 190 g/mol. The molecule has 12 heavy (non-hydrogen) atoms. The van der Waals surface area contributed by atoms with Gasteiger partial charge in [0.15, 0.2) is 0 Å². The quantitative estimate of drug-likeness (QED) is 0.618. The summed E-state index contributed by atoms with van der Waals surface area (Å²) in [5.74, 6) is 0.722. The second-order valence-electron chi connectivity index (χ2n) is 4.50. The summed E-state index contributed by atoms with van der Waals surface area (Å²) in [5.41, 5.74) is 0.163. The Morgan fingerprint density at radius 1 is 1.33 bits per heavy atom. The van der Waals surface area contributed by atoms with Crippen LogP contribution < -0.4 is 0 Å². The monoisotopic (exact) mass is 189 g/mol. The van der Waals surface area contributed by atoms with Crippen LogP contribution in [0.25, 0.3) is 0 Å². The van der Waals surface area contributed by atoms with E-state index >= 15 is 0 Å². The van der Waals surface area contributed by atoms with Crippen LogP contribution in [0.3, 0.4) is 0 Å². The minimum Gasteiger partial charge on any atom is -0.297 e. The van der Waals surface area contributed by atoms with E-state index < -0.39 is 0 Å². The maximum Gasteiger partial charge on any atom is 0.0402 e. The minimum atomic E-state index is 0.163. The van der Waals surface area contributed by atoms with Crippen LogP contribution in [-0.2, 0) is 0 Å². The van der Waals surface area contributed by atoms with E-state index in [0.717, 1.165) is 11.9 Å². The van der Waals surface area contributed by atoms with Crippen molar-refractivity contribution in [2.75, 3.05) is 12.9 Å². The molecule has 1 saturated carbocycles. The van der Waals surface area contributed by atoms with Crippen LogP contribution >= 0.6 is 11.6 Å². The zero-order valence-electron chi connectivity index (χ0n) is 8.44. The Bertz CT molecular complexity index is 139. The van der Waals surface area contributed by atoms with Gasteiger partial charge >= 0.3 is 0 Å². The van der Waals surface area contributed by atoms with E-state index in [1.54, 1.807) is 0 Å². The van der Waals surface area contributed by atoms with E-state index in [4.69, 9.17) is 11.6 Å². The number of rotatable bonds is 3. The number of halogens is 1. The van der Waals surface area contributed by atoms with Gasteiger partial charge in [-0.3, -0.25) is 4.90 Å². The molecule has 0 saturated heterocycles. The van der Waals surface area contributed by atoms with E-state index in [9.17, 15) is 0 Å². The third kappa shape index (κ3) is 2.14. The highest BCUT2D eigenvalue weighted by Gasteiger charge is 2.30. The van der Waals surface area contributed by atoms with E-state index in [-0.39, 0.29) is 5.54 Å². The van der Waals surface area contributed by atoms with Gasteiger partial charge in [-0.05, 0) is 33.7 Å². The molecule has 0 aliphatic heterocycles. The lowest BCUT2D eigenvalue weighted by atomic mass is 10.0. The van der Waals surface area contributed by atoms with Crippen molar-refractivity contribution in [3.05, 3.63) is 0 Å². The zero-order chi connectivity index (χ0) is 9.19. The fourth-order valence-corrected chi connectivity index (χ4v) is 2.07. The van der Waals surface area contributed by atoms with Gasteiger partial charge in [0, 0.05) is 17.5 Å². The third-order valence-corrected chi connectivity index (χ3v) is 3.81. The van der Waals surface area contributed by atoms with Crippen LogP contribution in [0.2, 0.25) is 0 Å². The van der Waals surface area contributed by atoms with Gasteiger partial charge in [0.1, 0.15) is 0 Å². The molecule has 0 aromatic carbocycles. The summed E-state index contributed by atoms with van der Waals surface area (Å²) in [4.78, 5) is 2.45. The number of alkyl halides is 1. The second kappa shape index (κ2) is 3.97. The molecule has 1 aliphatic rings. The smallest absolute Gasteiger partial charge is 0.0402 e. The van der Waals surface area contributed by atoms with Crippen LogP contribution in [0.4, 0.5) is 0 Å². The average Bonchev–Trinajstić information content (AvgIpc) is 2.55. The van der Waals surface area contributed by atoms with Crippen molar-refractivity contribution in [2.24, 2.45) is 0 Å². The third-order valence-electron chi connectivity index (χ3n) is 3.15. The van der Waals surface area contributed by atoms with Gasteiger partial charge < -0.3 is 0 Å². The van der Waals surface area contributed by atoms with Crippen molar-refractivity contribution in [3.63, 3.8) is 0 Å². The van der Waals surface area contributed by atoms with Crippen LogP contribution in [0.1, 0.15) is 39.5 Å². The molecule has 1 nitrogen and oxygen atoms in total. The lowest BCUT2D eigenvalue weighted by Crippen LogP contribution is -2.47. The van der Waals surface area contributed by atoms with Gasteiger partial charge in [-0.15, -0.1) is 11.6 Å². The molecule has 0 bridgehead atoms. The zero-order valence-corrected chi connectivity index (χ0v) is 9.19. The molecule has 0 spiro atoms. The van der Waals surface area contributed by atoms with Gasteiger partial charge in [0.25, 0.3) is 0 Å². The fourth-order valence-electron chi connectivity index (χ4n) is 1.88. The maximum atomic E-state index is 5.92. The second-order valence-corrected chi connectivity index (χ2v) is 4.76. The molecule has 0 unspecified atom stereocenters. The van der Waals surface area contributed by atoms with Crippen LogP contribution in [0.5, 0.6) is 0 Å². The Balaban J connectivity index is 2.50.